The van der Waals surface area contributed by atoms with Gasteiger partial charge in [-0.05, 0) is 29.1 Å². The Kier molecular flexibility index (Phi) is 4.52. The van der Waals surface area contributed by atoms with E-state index in [0.717, 1.165) is 18.8 Å². The summed E-state index contributed by atoms with van der Waals surface area (Å²) in [6, 6.07) is 8.05. The summed E-state index contributed by atoms with van der Waals surface area (Å²) in [7, 11) is 0. The van der Waals surface area contributed by atoms with Crippen LogP contribution in [0.5, 0.6) is 0 Å². The maximum atomic E-state index is 6.12. The Bertz CT molecular complexity index is 510. The van der Waals surface area contributed by atoms with E-state index < -0.39 is 0 Å². The predicted molar refractivity (Wildman–Crippen MR) is 81.9 cm³/mol. The first-order valence-corrected chi connectivity index (χ1v) is 8.17. The Morgan fingerprint density at radius 3 is 2.50 bits per heavy atom. The summed E-state index contributed by atoms with van der Waals surface area (Å²) in [6.45, 7) is 0. The zero-order valence-electron chi connectivity index (χ0n) is 7.88. The van der Waals surface area contributed by atoms with Gasteiger partial charge in [0.2, 0.25) is 0 Å². The molecule has 0 saturated carbocycles. The van der Waals surface area contributed by atoms with E-state index in [-0.39, 0.29) is 4.83 Å². The van der Waals surface area contributed by atoms with Gasteiger partial charge in [-0.25, -0.2) is 0 Å². The molecule has 1 heterocycles. The molecular formula is C11H6Br3ClS. The first-order valence-electron chi connectivity index (χ1n) is 4.41. The normalized spacial score (nSPS) is 12.8. The van der Waals surface area contributed by atoms with E-state index in [9.17, 15) is 0 Å². The average Bonchev–Trinajstić information content (AvgIpc) is 2.63. The van der Waals surface area contributed by atoms with E-state index in [2.05, 4.69) is 53.9 Å². The maximum Gasteiger partial charge on any atom is 0.0763 e. The van der Waals surface area contributed by atoms with Crippen LogP contribution >= 0.6 is 70.7 Å². The molecule has 0 N–H and O–H groups in total. The third-order valence-corrected chi connectivity index (χ3v) is 5.97. The van der Waals surface area contributed by atoms with Crippen LogP contribution in [-0.2, 0) is 0 Å². The first kappa shape index (κ1) is 13.1. The first-order chi connectivity index (χ1) is 7.59. The highest BCUT2D eigenvalue weighted by Gasteiger charge is 2.17. The minimum atomic E-state index is 0.127. The van der Waals surface area contributed by atoms with Crippen molar-refractivity contribution in [3.63, 3.8) is 0 Å². The summed E-state index contributed by atoms with van der Waals surface area (Å²) in [5, 5.41) is 2.81. The molecule has 5 heteroatoms. The number of halogens is 4. The van der Waals surface area contributed by atoms with Gasteiger partial charge < -0.3 is 0 Å². The number of hydrogen-bond acceptors (Lipinski definition) is 1. The minimum Gasteiger partial charge on any atom is -0.146 e. The van der Waals surface area contributed by atoms with Crippen molar-refractivity contribution in [2.24, 2.45) is 0 Å². The second-order valence-electron chi connectivity index (χ2n) is 3.16. The van der Waals surface area contributed by atoms with E-state index >= 15 is 0 Å². The smallest absolute Gasteiger partial charge is 0.0763 e. The van der Waals surface area contributed by atoms with E-state index in [1.165, 1.54) is 5.56 Å². The summed E-state index contributed by atoms with van der Waals surface area (Å²) < 4.78 is 2.12. The van der Waals surface area contributed by atoms with Gasteiger partial charge in [0.25, 0.3) is 0 Å². The lowest BCUT2D eigenvalue weighted by Gasteiger charge is -2.11. The molecule has 0 bridgehead atoms. The van der Waals surface area contributed by atoms with Crippen LogP contribution in [0.3, 0.4) is 0 Å². The molecule has 1 aromatic heterocycles. The fraction of sp³-hybridized carbons (Fsp3) is 0.0909. The topological polar surface area (TPSA) is 0 Å². The second kappa shape index (κ2) is 5.53. The molecule has 84 valence electrons. The van der Waals surface area contributed by atoms with Crippen molar-refractivity contribution in [3.8, 4) is 0 Å². The van der Waals surface area contributed by atoms with Crippen molar-refractivity contribution in [1.29, 1.82) is 0 Å². The molecule has 0 amide bonds. The molecule has 1 aromatic carbocycles. The molecule has 0 aliphatic heterocycles. The maximum absolute atomic E-state index is 6.12. The Hall–Kier alpha value is 0.650. The van der Waals surface area contributed by atoms with Crippen LogP contribution in [0.1, 0.15) is 15.3 Å². The second-order valence-corrected chi connectivity index (χ2v) is 7.20. The van der Waals surface area contributed by atoms with Gasteiger partial charge in [-0.2, -0.15) is 0 Å². The lowest BCUT2D eigenvalue weighted by molar-refractivity contribution is 1.20. The Morgan fingerprint density at radius 2 is 1.94 bits per heavy atom. The third-order valence-electron chi connectivity index (χ3n) is 2.11. The van der Waals surface area contributed by atoms with Crippen molar-refractivity contribution in [3.05, 3.63) is 54.1 Å². The predicted octanol–water partition coefficient (Wildman–Crippen LogP) is 6.41. The molecule has 0 spiro atoms. The summed E-state index contributed by atoms with van der Waals surface area (Å²) in [5.74, 6) is 0. The van der Waals surface area contributed by atoms with Gasteiger partial charge in [0.1, 0.15) is 0 Å². The molecule has 0 radical (unpaired) electrons. The van der Waals surface area contributed by atoms with Crippen molar-refractivity contribution >= 4 is 70.7 Å². The summed E-state index contributed by atoms with van der Waals surface area (Å²) in [5.41, 5.74) is 1.17. The fourth-order valence-corrected chi connectivity index (χ4v) is 5.18. The van der Waals surface area contributed by atoms with Crippen LogP contribution in [0.2, 0.25) is 5.02 Å². The zero-order valence-corrected chi connectivity index (χ0v) is 14.2. The Morgan fingerprint density at radius 1 is 1.19 bits per heavy atom. The van der Waals surface area contributed by atoms with Crippen LogP contribution in [0.25, 0.3) is 0 Å². The zero-order chi connectivity index (χ0) is 11.7. The monoisotopic (exact) mass is 442 g/mol. The molecule has 0 aliphatic rings. The molecule has 1 unspecified atom stereocenters. The highest BCUT2D eigenvalue weighted by atomic mass is 79.9. The number of benzene rings is 1. The van der Waals surface area contributed by atoms with Gasteiger partial charge in [-0.1, -0.05) is 65.5 Å². The summed E-state index contributed by atoms with van der Waals surface area (Å²) in [4.78, 5) is 1.26. The molecular weight excluding hydrogens is 439 g/mol. The SMILES string of the molecule is Clc1ccsc1C(Br)c1ccc(Br)cc1Br. The fourth-order valence-electron chi connectivity index (χ4n) is 1.33. The van der Waals surface area contributed by atoms with Gasteiger partial charge in [-0.15, -0.1) is 11.3 Å². The lowest BCUT2D eigenvalue weighted by Crippen LogP contribution is -1.91. The molecule has 0 nitrogen and oxygen atoms in total. The van der Waals surface area contributed by atoms with E-state index in [4.69, 9.17) is 11.6 Å². The Balaban J connectivity index is 2.41. The van der Waals surface area contributed by atoms with Crippen molar-refractivity contribution < 1.29 is 0 Å². The van der Waals surface area contributed by atoms with Crippen LogP contribution in [0, 0.1) is 0 Å². The van der Waals surface area contributed by atoms with E-state index in [1.807, 2.05) is 23.6 Å². The number of hydrogen-bond donors (Lipinski definition) is 0. The van der Waals surface area contributed by atoms with Crippen molar-refractivity contribution in [1.82, 2.24) is 0 Å². The van der Waals surface area contributed by atoms with E-state index in [1.54, 1.807) is 11.3 Å². The quantitative estimate of drug-likeness (QED) is 0.469. The number of alkyl halides is 1. The number of rotatable bonds is 2. The Labute approximate surface area is 128 Å². The van der Waals surface area contributed by atoms with Crippen LogP contribution in [-0.4, -0.2) is 0 Å². The van der Waals surface area contributed by atoms with Gasteiger partial charge in [0.15, 0.2) is 0 Å². The molecule has 2 rings (SSSR count). The average molecular weight is 445 g/mol. The van der Waals surface area contributed by atoms with Crippen LogP contribution in [0.4, 0.5) is 0 Å². The summed E-state index contributed by atoms with van der Waals surface area (Å²) in [6.07, 6.45) is 0. The lowest BCUT2D eigenvalue weighted by atomic mass is 10.1. The standard InChI is InChI=1S/C11H6Br3ClS/c12-6-1-2-7(8(13)5-6)10(14)11-9(15)3-4-16-11/h1-5,10H. The highest BCUT2D eigenvalue weighted by molar-refractivity contribution is 9.11. The van der Waals surface area contributed by atoms with Crippen LogP contribution in [0.15, 0.2) is 38.6 Å². The van der Waals surface area contributed by atoms with Gasteiger partial charge >= 0.3 is 0 Å². The molecule has 2 aromatic rings. The van der Waals surface area contributed by atoms with Gasteiger partial charge in [0, 0.05) is 13.8 Å². The molecule has 1 atom stereocenters. The number of thiophene rings is 1. The van der Waals surface area contributed by atoms with Gasteiger partial charge in [-0.3, -0.25) is 0 Å². The molecule has 0 fully saturated rings. The van der Waals surface area contributed by atoms with Gasteiger partial charge in [0.05, 0.1) is 9.85 Å². The third kappa shape index (κ3) is 2.72. The largest absolute Gasteiger partial charge is 0.146 e. The van der Waals surface area contributed by atoms with E-state index in [0.29, 0.717) is 0 Å². The molecule has 0 aliphatic carbocycles. The minimum absolute atomic E-state index is 0.127. The van der Waals surface area contributed by atoms with Crippen molar-refractivity contribution in [2.75, 3.05) is 0 Å². The molecule has 16 heavy (non-hydrogen) atoms. The highest BCUT2D eigenvalue weighted by Crippen LogP contribution is 2.41. The van der Waals surface area contributed by atoms with Crippen molar-refractivity contribution in [2.45, 2.75) is 4.83 Å². The summed E-state index contributed by atoms with van der Waals surface area (Å²) >= 11 is 18.5. The van der Waals surface area contributed by atoms with Crippen LogP contribution < -0.4 is 0 Å². The molecule has 0 saturated heterocycles.